The van der Waals surface area contributed by atoms with Gasteiger partial charge < -0.3 is 4.74 Å². The second-order valence-corrected chi connectivity index (χ2v) is 4.91. The van der Waals surface area contributed by atoms with Crippen LogP contribution >= 0.6 is 0 Å². The van der Waals surface area contributed by atoms with E-state index in [1.807, 2.05) is 6.92 Å². The molecule has 3 atom stereocenters. The van der Waals surface area contributed by atoms with E-state index in [1.54, 1.807) is 0 Å². The van der Waals surface area contributed by atoms with Crippen molar-refractivity contribution in [3.8, 4) is 0 Å². The highest BCUT2D eigenvalue weighted by molar-refractivity contribution is 5.29. The summed E-state index contributed by atoms with van der Waals surface area (Å²) >= 11 is 0. The first-order valence-corrected chi connectivity index (χ1v) is 6.29. The molecule has 2 rings (SSSR count). The first-order valence-electron chi connectivity index (χ1n) is 6.29. The molecule has 1 heterocycles. The number of hydrogen-bond donors (Lipinski definition) is 2. The molecule has 1 aliphatic heterocycles. The Morgan fingerprint density at radius 1 is 1.40 bits per heavy atom. The fraction of sp³-hybridized carbons (Fsp3) is 0.538. The van der Waals surface area contributed by atoms with Gasteiger partial charge in [0.25, 0.3) is 0 Å². The van der Waals surface area contributed by atoms with Crippen LogP contribution in [0, 0.1) is 11.7 Å². The highest BCUT2D eigenvalue weighted by atomic mass is 19.4. The first-order chi connectivity index (χ1) is 9.34. The van der Waals surface area contributed by atoms with E-state index < -0.39 is 23.6 Å². The van der Waals surface area contributed by atoms with Gasteiger partial charge in [-0.2, -0.15) is 13.2 Å². The van der Waals surface area contributed by atoms with Gasteiger partial charge in [-0.25, -0.2) is 4.39 Å². The van der Waals surface area contributed by atoms with Crippen molar-refractivity contribution >= 4 is 0 Å². The van der Waals surface area contributed by atoms with Crippen molar-refractivity contribution in [2.24, 2.45) is 11.8 Å². The van der Waals surface area contributed by atoms with Crippen LogP contribution in [-0.4, -0.2) is 12.7 Å². The maximum Gasteiger partial charge on any atom is 0.419 e. The van der Waals surface area contributed by atoms with Gasteiger partial charge in [-0.3, -0.25) is 11.3 Å². The topological polar surface area (TPSA) is 47.3 Å². The van der Waals surface area contributed by atoms with Gasteiger partial charge in [-0.1, -0.05) is 6.07 Å². The summed E-state index contributed by atoms with van der Waals surface area (Å²) in [7, 11) is 0. The smallest absolute Gasteiger partial charge is 0.378 e. The Bertz CT molecular complexity index is 478. The molecule has 0 aliphatic carbocycles. The molecule has 0 spiro atoms. The molecule has 1 saturated heterocycles. The monoisotopic (exact) mass is 292 g/mol. The Labute approximate surface area is 114 Å². The number of ether oxygens (including phenoxy) is 1. The molecule has 1 aromatic rings. The van der Waals surface area contributed by atoms with Crippen molar-refractivity contribution in [3.05, 3.63) is 35.1 Å². The first kappa shape index (κ1) is 15.2. The third-order valence-electron chi connectivity index (χ3n) is 3.70. The molecule has 1 aromatic carbocycles. The molecular formula is C13H16F4N2O. The maximum absolute atomic E-state index is 13.6. The van der Waals surface area contributed by atoms with Crippen molar-refractivity contribution in [2.75, 3.05) is 6.61 Å². The number of hydrazine groups is 1. The lowest BCUT2D eigenvalue weighted by Gasteiger charge is -2.26. The number of nitrogens with one attached hydrogen (secondary N) is 1. The third-order valence-corrected chi connectivity index (χ3v) is 3.70. The van der Waals surface area contributed by atoms with Gasteiger partial charge >= 0.3 is 6.18 Å². The molecular weight excluding hydrogens is 276 g/mol. The summed E-state index contributed by atoms with van der Waals surface area (Å²) in [5, 5.41) is 0. The van der Waals surface area contributed by atoms with Crippen LogP contribution in [-0.2, 0) is 10.9 Å². The summed E-state index contributed by atoms with van der Waals surface area (Å²) < 4.78 is 56.6. The molecule has 0 amide bonds. The number of alkyl halides is 3. The third kappa shape index (κ3) is 2.94. The van der Waals surface area contributed by atoms with Crippen LogP contribution in [0.3, 0.4) is 0 Å². The molecule has 3 nitrogen and oxygen atoms in total. The number of nitrogens with two attached hydrogens (primary N) is 1. The highest BCUT2D eigenvalue weighted by Crippen LogP contribution is 2.36. The van der Waals surface area contributed by atoms with Crippen molar-refractivity contribution in [2.45, 2.75) is 31.7 Å². The minimum absolute atomic E-state index is 0.00358. The summed E-state index contributed by atoms with van der Waals surface area (Å²) in [6.07, 6.45) is -4.06. The molecule has 7 heteroatoms. The highest BCUT2D eigenvalue weighted by Gasteiger charge is 2.36. The van der Waals surface area contributed by atoms with Gasteiger partial charge in [0.15, 0.2) is 0 Å². The molecule has 1 aliphatic rings. The number of halogens is 4. The summed E-state index contributed by atoms with van der Waals surface area (Å²) in [4.78, 5) is 0. The van der Waals surface area contributed by atoms with Crippen LogP contribution in [0.1, 0.15) is 30.5 Å². The van der Waals surface area contributed by atoms with Crippen LogP contribution in [0.25, 0.3) is 0 Å². The minimum Gasteiger partial charge on any atom is -0.378 e. The summed E-state index contributed by atoms with van der Waals surface area (Å²) in [6.45, 7) is 2.43. The zero-order chi connectivity index (χ0) is 14.9. The van der Waals surface area contributed by atoms with Crippen molar-refractivity contribution in [1.82, 2.24) is 5.43 Å². The Hall–Kier alpha value is -1.18. The Morgan fingerprint density at radius 3 is 2.55 bits per heavy atom. The zero-order valence-electron chi connectivity index (χ0n) is 10.9. The quantitative estimate of drug-likeness (QED) is 0.511. The van der Waals surface area contributed by atoms with Gasteiger partial charge in [0, 0.05) is 12.5 Å². The van der Waals surface area contributed by atoms with E-state index in [2.05, 4.69) is 5.43 Å². The molecule has 0 saturated carbocycles. The van der Waals surface area contributed by atoms with Crippen LogP contribution < -0.4 is 11.3 Å². The normalized spacial score (nSPS) is 24.9. The number of benzene rings is 1. The van der Waals surface area contributed by atoms with Crippen LogP contribution in [0.5, 0.6) is 0 Å². The SMILES string of the molecule is CC1OCCC1C(NN)c1ccc(C(F)(F)F)c(F)c1. The van der Waals surface area contributed by atoms with E-state index in [-0.39, 0.29) is 12.0 Å². The lowest BCUT2D eigenvalue weighted by atomic mass is 9.88. The van der Waals surface area contributed by atoms with E-state index >= 15 is 0 Å². The molecule has 112 valence electrons. The lowest BCUT2D eigenvalue weighted by Crippen LogP contribution is -2.36. The maximum atomic E-state index is 13.6. The van der Waals surface area contributed by atoms with E-state index in [1.165, 1.54) is 6.07 Å². The standard InChI is InChI=1S/C13H16F4N2O/c1-7-9(4-5-20-7)12(19-18)8-2-3-10(11(14)6-8)13(15,16)17/h2-3,6-7,9,12,19H,4-5,18H2,1H3. The molecule has 1 fully saturated rings. The molecule has 0 bridgehead atoms. The zero-order valence-corrected chi connectivity index (χ0v) is 10.9. The van der Waals surface area contributed by atoms with Gasteiger partial charge in [-0.15, -0.1) is 0 Å². The van der Waals surface area contributed by atoms with Gasteiger partial charge in [0.05, 0.1) is 17.7 Å². The predicted octanol–water partition coefficient (Wildman–Crippen LogP) is 2.77. The summed E-state index contributed by atoms with van der Waals surface area (Å²) in [5.41, 5.74) is 1.67. The van der Waals surface area contributed by atoms with Crippen LogP contribution in [0.2, 0.25) is 0 Å². The van der Waals surface area contributed by atoms with Crippen molar-refractivity contribution in [1.29, 1.82) is 0 Å². The molecule has 0 radical (unpaired) electrons. The molecule has 3 N–H and O–H groups in total. The number of rotatable bonds is 3. The lowest BCUT2D eigenvalue weighted by molar-refractivity contribution is -0.140. The summed E-state index contributed by atoms with van der Waals surface area (Å²) in [5.74, 6) is 4.18. The number of hydrogen-bond acceptors (Lipinski definition) is 3. The predicted molar refractivity (Wildman–Crippen MR) is 65.0 cm³/mol. The van der Waals surface area contributed by atoms with Gasteiger partial charge in [0.1, 0.15) is 5.82 Å². The second kappa shape index (κ2) is 5.67. The van der Waals surface area contributed by atoms with E-state index in [4.69, 9.17) is 10.6 Å². The summed E-state index contributed by atoms with van der Waals surface area (Å²) in [6, 6.07) is 2.44. The van der Waals surface area contributed by atoms with Gasteiger partial charge in [-0.05, 0) is 31.0 Å². The fourth-order valence-electron chi connectivity index (χ4n) is 2.61. The fourth-order valence-corrected chi connectivity index (χ4v) is 2.61. The molecule has 0 aromatic heterocycles. The van der Waals surface area contributed by atoms with Crippen molar-refractivity contribution in [3.63, 3.8) is 0 Å². The van der Waals surface area contributed by atoms with E-state index in [0.717, 1.165) is 18.6 Å². The molecule has 3 unspecified atom stereocenters. The Balaban J connectivity index is 2.30. The average Bonchev–Trinajstić information content (AvgIpc) is 2.75. The second-order valence-electron chi connectivity index (χ2n) is 4.91. The minimum atomic E-state index is -4.70. The Kier molecular flexibility index (Phi) is 4.31. The molecule has 20 heavy (non-hydrogen) atoms. The van der Waals surface area contributed by atoms with E-state index in [9.17, 15) is 17.6 Å². The Morgan fingerprint density at radius 2 is 2.10 bits per heavy atom. The largest absolute Gasteiger partial charge is 0.419 e. The van der Waals surface area contributed by atoms with Crippen LogP contribution in [0.15, 0.2) is 18.2 Å². The van der Waals surface area contributed by atoms with Gasteiger partial charge in [0.2, 0.25) is 0 Å². The van der Waals surface area contributed by atoms with Crippen molar-refractivity contribution < 1.29 is 22.3 Å². The average molecular weight is 292 g/mol. The van der Waals surface area contributed by atoms with E-state index in [0.29, 0.717) is 12.2 Å². The van der Waals surface area contributed by atoms with Crippen LogP contribution in [0.4, 0.5) is 17.6 Å².